The number of ether oxygens (including phenoxy) is 3. The normalized spacial score (nSPS) is 10.5. The lowest BCUT2D eigenvalue weighted by atomic mass is 10.1. The van der Waals surface area contributed by atoms with E-state index in [2.05, 4.69) is 21.7 Å². The highest BCUT2D eigenvalue weighted by molar-refractivity contribution is 7.98. The van der Waals surface area contributed by atoms with Gasteiger partial charge in [0.15, 0.2) is 0 Å². The highest BCUT2D eigenvalue weighted by Gasteiger charge is 2.13. The Morgan fingerprint density at radius 2 is 1.95 bits per heavy atom. The van der Waals surface area contributed by atoms with E-state index >= 15 is 0 Å². The molecule has 0 aliphatic heterocycles. The maximum Gasteiger partial charge on any atom is 0.323 e. The molecule has 0 aliphatic carbocycles. The number of thioether (sulfide) groups is 1. The summed E-state index contributed by atoms with van der Waals surface area (Å²) in [4.78, 5) is 17.7. The number of anilines is 2. The lowest BCUT2D eigenvalue weighted by molar-refractivity contribution is 0.146. The van der Waals surface area contributed by atoms with Crippen molar-refractivity contribution in [2.24, 2.45) is 0 Å². The first-order valence-corrected chi connectivity index (χ1v) is 12.4. The van der Waals surface area contributed by atoms with Gasteiger partial charge in [-0.1, -0.05) is 6.07 Å². The maximum atomic E-state index is 14.8. The summed E-state index contributed by atoms with van der Waals surface area (Å²) >= 11 is 1.55. The van der Waals surface area contributed by atoms with Gasteiger partial charge in [0.25, 0.3) is 0 Å². The SMILES string of the molecule is COCCOc1cc2nccc(Oc3ccc(NC(=O)Nc4cccc(SC)c4)c(F)c3)c2cc1C#N. The number of nitrogens with zero attached hydrogens (tertiary/aromatic N) is 2. The summed E-state index contributed by atoms with van der Waals surface area (Å²) < 4.78 is 31.3. The van der Waals surface area contributed by atoms with Crippen LogP contribution in [0.15, 0.2) is 71.8 Å². The molecule has 0 unspecified atom stereocenters. The first-order chi connectivity index (χ1) is 18.0. The average Bonchev–Trinajstić information content (AvgIpc) is 2.90. The molecule has 0 spiro atoms. The molecule has 4 rings (SSSR count). The minimum Gasteiger partial charge on any atom is -0.490 e. The fourth-order valence-corrected chi connectivity index (χ4v) is 3.91. The molecule has 2 N–H and O–H groups in total. The van der Waals surface area contributed by atoms with Gasteiger partial charge in [0.05, 0.1) is 23.4 Å². The molecule has 0 aliphatic rings. The van der Waals surface area contributed by atoms with Gasteiger partial charge in [0.1, 0.15) is 35.7 Å². The Labute approximate surface area is 217 Å². The third-order valence-corrected chi connectivity index (χ3v) is 5.94. The smallest absolute Gasteiger partial charge is 0.323 e. The van der Waals surface area contributed by atoms with E-state index in [1.807, 2.05) is 24.5 Å². The molecule has 10 heteroatoms. The standard InChI is InChI=1S/C27H23FN4O4S/c1-34-10-11-35-26-15-24-21(12-17(26)16-29)25(8-9-30-24)36-19-6-7-23(22(28)14-19)32-27(33)31-18-4-3-5-20(13-18)37-2/h3-9,12-15H,10-11H2,1-2H3,(H2,31,32,33). The average molecular weight is 519 g/mol. The maximum absolute atomic E-state index is 14.8. The van der Waals surface area contributed by atoms with Gasteiger partial charge in [-0.15, -0.1) is 11.8 Å². The largest absolute Gasteiger partial charge is 0.490 e. The Hall–Kier alpha value is -4.33. The number of benzene rings is 3. The minimum absolute atomic E-state index is 0.00456. The predicted molar refractivity (Wildman–Crippen MR) is 141 cm³/mol. The summed E-state index contributed by atoms with van der Waals surface area (Å²) in [5, 5.41) is 15.3. The third kappa shape index (κ3) is 6.46. The molecule has 4 aromatic rings. The second kappa shape index (κ2) is 12.1. The van der Waals surface area contributed by atoms with Crippen LogP contribution in [0, 0.1) is 17.1 Å². The molecule has 0 bridgehead atoms. The van der Waals surface area contributed by atoms with E-state index in [1.54, 1.807) is 49.3 Å². The van der Waals surface area contributed by atoms with Crippen molar-refractivity contribution in [2.45, 2.75) is 4.90 Å². The number of urea groups is 1. The van der Waals surface area contributed by atoms with Crippen LogP contribution in [0.1, 0.15) is 5.56 Å². The molecule has 37 heavy (non-hydrogen) atoms. The number of carbonyl (C=O) groups excluding carboxylic acids is 1. The van der Waals surface area contributed by atoms with Crippen LogP contribution in [0.3, 0.4) is 0 Å². The van der Waals surface area contributed by atoms with Gasteiger partial charge in [0.2, 0.25) is 0 Å². The zero-order valence-electron chi connectivity index (χ0n) is 20.1. The number of pyridine rings is 1. The number of amides is 2. The van der Waals surface area contributed by atoms with E-state index in [-0.39, 0.29) is 18.0 Å². The van der Waals surface area contributed by atoms with Crippen molar-refractivity contribution >= 4 is 40.1 Å². The van der Waals surface area contributed by atoms with Gasteiger partial charge < -0.3 is 24.8 Å². The molecular weight excluding hydrogens is 495 g/mol. The second-order valence-electron chi connectivity index (χ2n) is 7.68. The molecule has 8 nitrogen and oxygen atoms in total. The fraction of sp³-hybridized carbons (Fsp3) is 0.148. The molecule has 0 fully saturated rings. The summed E-state index contributed by atoms with van der Waals surface area (Å²) in [7, 11) is 1.56. The molecule has 1 heterocycles. The number of halogens is 1. The number of carbonyl (C=O) groups is 1. The van der Waals surface area contributed by atoms with Crippen LogP contribution in [0.5, 0.6) is 17.2 Å². The lowest BCUT2D eigenvalue weighted by Crippen LogP contribution is -2.20. The van der Waals surface area contributed by atoms with Crippen molar-refractivity contribution in [1.29, 1.82) is 5.26 Å². The summed E-state index contributed by atoms with van der Waals surface area (Å²) in [6, 6.07) is 17.9. The van der Waals surface area contributed by atoms with Crippen LogP contribution in [0.4, 0.5) is 20.6 Å². The van der Waals surface area contributed by atoms with E-state index < -0.39 is 11.8 Å². The van der Waals surface area contributed by atoms with Crippen molar-refractivity contribution < 1.29 is 23.4 Å². The Kier molecular flexibility index (Phi) is 8.40. The Balaban J connectivity index is 1.50. The van der Waals surface area contributed by atoms with Crippen molar-refractivity contribution in [3.8, 4) is 23.3 Å². The molecular formula is C27H23FN4O4S. The number of aromatic nitrogens is 1. The van der Waals surface area contributed by atoms with Gasteiger partial charge in [-0.2, -0.15) is 5.26 Å². The molecule has 188 valence electrons. The van der Waals surface area contributed by atoms with Gasteiger partial charge in [-0.3, -0.25) is 4.98 Å². The number of methoxy groups -OCH3 is 1. The summed E-state index contributed by atoms with van der Waals surface area (Å²) in [6.45, 7) is 0.664. The van der Waals surface area contributed by atoms with E-state index in [0.717, 1.165) is 4.90 Å². The predicted octanol–water partition coefficient (Wildman–Crippen LogP) is 6.43. The molecule has 0 saturated carbocycles. The van der Waals surface area contributed by atoms with Crippen LogP contribution in [0.25, 0.3) is 10.9 Å². The number of hydrogen-bond acceptors (Lipinski definition) is 7. The summed E-state index contributed by atoms with van der Waals surface area (Å²) in [6.07, 6.45) is 3.48. The molecule has 3 aromatic carbocycles. The van der Waals surface area contributed by atoms with Crippen molar-refractivity contribution in [3.05, 3.63) is 78.2 Å². The Morgan fingerprint density at radius 3 is 2.70 bits per heavy atom. The van der Waals surface area contributed by atoms with Crippen LogP contribution >= 0.6 is 11.8 Å². The number of fused-ring (bicyclic) bond motifs is 1. The number of hydrogen-bond donors (Lipinski definition) is 2. The first kappa shape index (κ1) is 25.8. The molecule has 0 atom stereocenters. The topological polar surface area (TPSA) is 106 Å². The van der Waals surface area contributed by atoms with E-state index in [0.29, 0.717) is 40.3 Å². The first-order valence-electron chi connectivity index (χ1n) is 11.1. The third-order valence-electron chi connectivity index (χ3n) is 5.21. The van der Waals surface area contributed by atoms with Crippen molar-refractivity contribution in [2.75, 3.05) is 37.2 Å². The van der Waals surface area contributed by atoms with Crippen LogP contribution < -0.4 is 20.1 Å². The van der Waals surface area contributed by atoms with Gasteiger partial charge in [-0.25, -0.2) is 9.18 Å². The van der Waals surface area contributed by atoms with E-state index in [9.17, 15) is 14.4 Å². The quantitative estimate of drug-likeness (QED) is 0.194. The molecule has 0 saturated heterocycles. The highest BCUT2D eigenvalue weighted by Crippen LogP contribution is 2.34. The fourth-order valence-electron chi connectivity index (χ4n) is 3.45. The van der Waals surface area contributed by atoms with Gasteiger partial charge in [-0.05, 0) is 48.7 Å². The molecule has 0 radical (unpaired) electrons. The van der Waals surface area contributed by atoms with Crippen molar-refractivity contribution in [1.82, 2.24) is 4.98 Å². The molecule has 2 amide bonds. The summed E-state index contributed by atoms with van der Waals surface area (Å²) in [5.74, 6) is 0.311. The highest BCUT2D eigenvalue weighted by atomic mass is 32.2. The second-order valence-corrected chi connectivity index (χ2v) is 8.56. The number of rotatable bonds is 9. The lowest BCUT2D eigenvalue weighted by Gasteiger charge is -2.13. The number of nitrogens with one attached hydrogen (secondary N) is 2. The van der Waals surface area contributed by atoms with Gasteiger partial charge >= 0.3 is 6.03 Å². The van der Waals surface area contributed by atoms with Crippen LogP contribution in [-0.4, -0.2) is 37.6 Å². The Bertz CT molecular complexity index is 1480. The Morgan fingerprint density at radius 1 is 1.08 bits per heavy atom. The monoisotopic (exact) mass is 518 g/mol. The number of nitriles is 1. The summed E-state index contributed by atoms with van der Waals surface area (Å²) in [5.41, 5.74) is 1.44. The molecule has 1 aromatic heterocycles. The minimum atomic E-state index is -0.671. The van der Waals surface area contributed by atoms with E-state index in [1.165, 1.54) is 18.2 Å². The van der Waals surface area contributed by atoms with Crippen LogP contribution in [-0.2, 0) is 4.74 Å². The zero-order valence-corrected chi connectivity index (χ0v) is 20.9. The van der Waals surface area contributed by atoms with Gasteiger partial charge in [0, 0.05) is 41.4 Å². The van der Waals surface area contributed by atoms with Crippen LogP contribution in [0.2, 0.25) is 0 Å². The zero-order chi connectivity index (χ0) is 26.2. The van der Waals surface area contributed by atoms with E-state index in [4.69, 9.17) is 14.2 Å². The van der Waals surface area contributed by atoms with Crippen molar-refractivity contribution in [3.63, 3.8) is 0 Å².